The topological polar surface area (TPSA) is 109 Å². The van der Waals surface area contributed by atoms with Crippen molar-refractivity contribution in [1.82, 2.24) is 0 Å². The van der Waals surface area contributed by atoms with Crippen LogP contribution in [0.4, 0.5) is 0 Å². The molecule has 0 amide bonds. The third-order valence-corrected chi connectivity index (χ3v) is 8.54. The number of carbonyl (C=O) groups is 2. The third kappa shape index (κ3) is 1.74. The van der Waals surface area contributed by atoms with Crippen molar-refractivity contribution in [3.05, 3.63) is 70.3 Å². The Kier molecular flexibility index (Phi) is 3.03. The number of ketones is 2. The molecule has 4 rings (SSSR count). The highest BCUT2D eigenvalue weighted by Crippen LogP contribution is 2.65. The molecule has 2 aliphatic rings. The summed E-state index contributed by atoms with van der Waals surface area (Å²) in [5, 5.41) is -1.70. The molecule has 0 radical (unpaired) electrons. The summed E-state index contributed by atoms with van der Waals surface area (Å²) in [4.78, 5) is 46.1. The molecule has 0 saturated carbocycles. The molecule has 0 aliphatic carbocycles. The molecule has 2 N–H and O–H groups in total. The predicted octanol–water partition coefficient (Wildman–Crippen LogP) is 1.78. The maximum absolute atomic E-state index is 12.8. The van der Waals surface area contributed by atoms with Gasteiger partial charge < -0.3 is 9.79 Å². The van der Waals surface area contributed by atoms with Crippen molar-refractivity contribution in [2.45, 2.75) is 0 Å². The van der Waals surface area contributed by atoms with E-state index in [2.05, 4.69) is 0 Å². The molecule has 2 heterocycles. The summed E-state index contributed by atoms with van der Waals surface area (Å²) in [6.07, 6.45) is 0. The van der Waals surface area contributed by atoms with Crippen LogP contribution in [0.5, 0.6) is 0 Å². The Hall–Kier alpha value is -2.10. The van der Waals surface area contributed by atoms with E-state index in [0.29, 0.717) is 0 Å². The predicted molar refractivity (Wildman–Crippen MR) is 87.5 cm³/mol. The summed E-state index contributed by atoms with van der Waals surface area (Å²) in [6.45, 7) is 0. The van der Waals surface area contributed by atoms with Gasteiger partial charge in [-0.05, 0) is 12.1 Å². The first-order valence-corrected chi connectivity index (χ1v) is 10.3. The van der Waals surface area contributed by atoms with E-state index in [9.17, 15) is 28.5 Å². The molecule has 120 valence electrons. The summed E-state index contributed by atoms with van der Waals surface area (Å²) in [6, 6.07) is 11.4. The second-order valence-electron chi connectivity index (χ2n) is 5.54. The highest BCUT2D eigenvalue weighted by atomic mass is 31.2. The zero-order valence-electron chi connectivity index (χ0n) is 12.0. The van der Waals surface area contributed by atoms with E-state index in [1.54, 1.807) is 0 Å². The maximum atomic E-state index is 12.8. The van der Waals surface area contributed by atoms with E-state index < -0.39 is 36.9 Å². The van der Waals surface area contributed by atoms with Crippen LogP contribution in [-0.2, 0) is 9.13 Å². The van der Waals surface area contributed by atoms with Crippen LogP contribution in [-0.4, -0.2) is 21.4 Å². The van der Waals surface area contributed by atoms with Crippen LogP contribution in [0.15, 0.2) is 59.2 Å². The molecule has 8 heteroatoms. The summed E-state index contributed by atoms with van der Waals surface area (Å²) < 4.78 is 25.7. The van der Waals surface area contributed by atoms with Gasteiger partial charge in [0.2, 0.25) is 11.6 Å². The molecule has 2 unspecified atom stereocenters. The normalized spacial score (nSPS) is 31.2. The Bertz CT molecular complexity index is 996. The third-order valence-electron chi connectivity index (χ3n) is 4.21. The standard InChI is InChI=1S/C16H10O6P2/c17-13-9-5-1-3-7-11(9)23(19,20)15(13)16-14(18)10-6-2-4-8-12(10)24(16,21)22/h1-8H,(H,19,20)(H,21,22)/b16-15+. The summed E-state index contributed by atoms with van der Waals surface area (Å²) >= 11 is 0. The minimum atomic E-state index is -4.42. The monoisotopic (exact) mass is 360 g/mol. The molecular weight excluding hydrogens is 350 g/mol. The van der Waals surface area contributed by atoms with Crippen LogP contribution in [0.3, 0.4) is 0 Å². The number of carbonyl (C=O) groups excluding carboxylic acids is 2. The Morgan fingerprint density at radius 1 is 0.625 bits per heavy atom. The first-order valence-electron chi connectivity index (χ1n) is 6.97. The Morgan fingerprint density at radius 3 is 1.29 bits per heavy atom. The fourth-order valence-corrected chi connectivity index (χ4v) is 7.58. The van der Waals surface area contributed by atoms with Crippen LogP contribution < -0.4 is 10.6 Å². The lowest BCUT2D eigenvalue weighted by Crippen LogP contribution is -2.05. The van der Waals surface area contributed by atoms with Crippen LogP contribution in [0.25, 0.3) is 0 Å². The zero-order valence-corrected chi connectivity index (χ0v) is 13.8. The van der Waals surface area contributed by atoms with Gasteiger partial charge in [0, 0.05) is 11.1 Å². The molecule has 0 saturated heterocycles. The molecule has 2 atom stereocenters. The fourth-order valence-electron chi connectivity index (χ4n) is 3.13. The van der Waals surface area contributed by atoms with Crippen molar-refractivity contribution in [1.29, 1.82) is 0 Å². The lowest BCUT2D eigenvalue weighted by atomic mass is 10.1. The SMILES string of the molecule is O=C1/C(=C2/C(=O)c3ccccc3P2(=O)O)P(=O)(O)c2ccccc21. The number of fused-ring (bicyclic) bond motifs is 2. The van der Waals surface area contributed by atoms with Crippen LogP contribution in [0.2, 0.25) is 0 Å². The van der Waals surface area contributed by atoms with E-state index in [0.717, 1.165) is 0 Å². The average molecular weight is 360 g/mol. The lowest BCUT2D eigenvalue weighted by molar-refractivity contribution is 0.101. The minimum absolute atomic E-state index is 0.0189. The van der Waals surface area contributed by atoms with E-state index in [-0.39, 0.29) is 21.7 Å². The summed E-state index contributed by atoms with van der Waals surface area (Å²) in [5.41, 5.74) is -0.0378. The molecule has 0 bridgehead atoms. The van der Waals surface area contributed by atoms with Gasteiger partial charge in [-0.2, -0.15) is 0 Å². The van der Waals surface area contributed by atoms with E-state index in [4.69, 9.17) is 0 Å². The summed E-state index contributed by atoms with van der Waals surface area (Å²) in [5.74, 6) is -1.69. The van der Waals surface area contributed by atoms with Gasteiger partial charge in [-0.25, -0.2) is 0 Å². The number of rotatable bonds is 0. The van der Waals surface area contributed by atoms with Gasteiger partial charge in [-0.1, -0.05) is 36.4 Å². The largest absolute Gasteiger partial charge is 0.338 e. The number of hydrogen-bond acceptors (Lipinski definition) is 4. The second-order valence-corrected chi connectivity index (χ2v) is 9.70. The van der Waals surface area contributed by atoms with E-state index >= 15 is 0 Å². The number of Topliss-reactive ketones (excluding diaryl/α,β-unsaturated/α-hetero) is 2. The quantitative estimate of drug-likeness (QED) is 0.548. The summed E-state index contributed by atoms with van der Waals surface area (Å²) in [7, 11) is -8.83. The van der Waals surface area contributed by atoms with Gasteiger partial charge in [-0.15, -0.1) is 0 Å². The number of hydrogen-bond donors (Lipinski definition) is 2. The molecule has 2 aliphatic heterocycles. The lowest BCUT2D eigenvalue weighted by Gasteiger charge is -2.11. The van der Waals surface area contributed by atoms with Gasteiger partial charge in [-0.3, -0.25) is 18.7 Å². The van der Waals surface area contributed by atoms with Gasteiger partial charge in [0.05, 0.1) is 10.6 Å². The van der Waals surface area contributed by atoms with Crippen molar-refractivity contribution in [2.75, 3.05) is 0 Å². The zero-order chi connectivity index (χ0) is 17.3. The highest BCUT2D eigenvalue weighted by Gasteiger charge is 2.53. The maximum Gasteiger partial charge on any atom is 0.264 e. The van der Waals surface area contributed by atoms with Crippen LogP contribution in [0, 0.1) is 0 Å². The van der Waals surface area contributed by atoms with Crippen molar-refractivity contribution >= 4 is 36.9 Å². The van der Waals surface area contributed by atoms with Gasteiger partial charge in [0.25, 0.3) is 14.7 Å². The molecule has 0 spiro atoms. The fraction of sp³-hybridized carbons (Fsp3) is 0. The molecule has 0 aromatic heterocycles. The highest BCUT2D eigenvalue weighted by molar-refractivity contribution is 7.77. The van der Waals surface area contributed by atoms with Crippen molar-refractivity contribution in [3.8, 4) is 0 Å². The van der Waals surface area contributed by atoms with Gasteiger partial charge in [0.1, 0.15) is 10.6 Å². The minimum Gasteiger partial charge on any atom is -0.338 e. The molecule has 6 nitrogen and oxygen atoms in total. The first kappa shape index (κ1) is 15.4. The van der Waals surface area contributed by atoms with Crippen molar-refractivity contribution in [3.63, 3.8) is 0 Å². The second kappa shape index (κ2) is 4.71. The number of allylic oxidation sites excluding steroid dienone is 2. The Balaban J connectivity index is 2.10. The average Bonchev–Trinajstić information content (AvgIpc) is 2.88. The first-order chi connectivity index (χ1) is 11.3. The molecule has 24 heavy (non-hydrogen) atoms. The Morgan fingerprint density at radius 2 is 0.958 bits per heavy atom. The van der Waals surface area contributed by atoms with Crippen molar-refractivity contribution in [2.24, 2.45) is 0 Å². The number of benzene rings is 2. The molecule has 2 aromatic carbocycles. The van der Waals surface area contributed by atoms with Gasteiger partial charge in [0.15, 0.2) is 0 Å². The molecule has 0 fully saturated rings. The van der Waals surface area contributed by atoms with Gasteiger partial charge >= 0.3 is 0 Å². The molecular formula is C16H10O6P2. The van der Waals surface area contributed by atoms with E-state index in [1.165, 1.54) is 48.5 Å². The smallest absolute Gasteiger partial charge is 0.264 e. The molecule has 2 aromatic rings. The van der Waals surface area contributed by atoms with Crippen molar-refractivity contribution < 1.29 is 28.5 Å². The Labute approximate surface area is 136 Å². The van der Waals surface area contributed by atoms with Crippen LogP contribution in [0.1, 0.15) is 20.7 Å². The van der Waals surface area contributed by atoms with Crippen LogP contribution >= 0.6 is 14.7 Å². The van der Waals surface area contributed by atoms with E-state index in [1.807, 2.05) is 0 Å².